The lowest BCUT2D eigenvalue weighted by Crippen LogP contribution is -2.46. The van der Waals surface area contributed by atoms with Crippen molar-refractivity contribution in [2.75, 3.05) is 11.9 Å². The summed E-state index contributed by atoms with van der Waals surface area (Å²) in [5, 5.41) is 3.62. The Balaban J connectivity index is 1.99. The first-order valence-corrected chi connectivity index (χ1v) is 13.1. The van der Waals surface area contributed by atoms with E-state index in [1.165, 1.54) is 22.4 Å². The van der Waals surface area contributed by atoms with Gasteiger partial charge in [-0.25, -0.2) is 0 Å². The molecule has 1 unspecified atom stereocenters. The smallest absolute Gasteiger partial charge is 0.185 e. The summed E-state index contributed by atoms with van der Waals surface area (Å²) in [5.74, 6) is 0.213. The van der Waals surface area contributed by atoms with Crippen LogP contribution in [0.15, 0.2) is 84.9 Å². The summed E-state index contributed by atoms with van der Waals surface area (Å²) in [7, 11) is -1.87. The van der Waals surface area contributed by atoms with Gasteiger partial charge in [-0.15, -0.1) is 0 Å². The molecule has 0 fully saturated rings. The molecule has 1 aliphatic heterocycles. The van der Waals surface area contributed by atoms with Gasteiger partial charge in [0.25, 0.3) is 0 Å². The molecule has 0 radical (unpaired) electrons. The average Bonchev–Trinajstić information content (AvgIpc) is 3.11. The fourth-order valence-electron chi connectivity index (χ4n) is 4.26. The zero-order valence-electron chi connectivity index (χ0n) is 16.3. The van der Waals surface area contributed by atoms with Crippen LogP contribution in [-0.2, 0) is 10.0 Å². The van der Waals surface area contributed by atoms with Gasteiger partial charge in [0.15, 0.2) is 8.32 Å². The highest BCUT2D eigenvalue weighted by atomic mass is 28.4. The van der Waals surface area contributed by atoms with E-state index in [1.54, 1.807) is 0 Å². The number of benzene rings is 3. The minimum atomic E-state index is -1.87. The molecular weight excluding hydrogens is 346 g/mol. The Labute approximate surface area is 163 Å². The van der Waals surface area contributed by atoms with Crippen molar-refractivity contribution < 1.29 is 4.43 Å². The van der Waals surface area contributed by atoms with Crippen LogP contribution in [0.3, 0.4) is 0 Å². The van der Waals surface area contributed by atoms with Gasteiger partial charge in [0.05, 0.1) is 0 Å². The molecule has 4 rings (SSSR count). The van der Waals surface area contributed by atoms with Gasteiger partial charge < -0.3 is 9.74 Å². The lowest BCUT2D eigenvalue weighted by Gasteiger charge is -2.44. The molecule has 0 aliphatic carbocycles. The second kappa shape index (κ2) is 6.99. The highest BCUT2D eigenvalue weighted by molar-refractivity contribution is 6.69. The highest BCUT2D eigenvalue weighted by Gasteiger charge is 2.48. The van der Waals surface area contributed by atoms with Crippen LogP contribution in [0.25, 0.3) is 0 Å². The Morgan fingerprint density at radius 3 is 1.85 bits per heavy atom. The Bertz CT molecular complexity index is 863. The Morgan fingerprint density at radius 1 is 0.778 bits per heavy atom. The monoisotopic (exact) mass is 373 g/mol. The van der Waals surface area contributed by atoms with Gasteiger partial charge in [0.2, 0.25) is 0 Å². The van der Waals surface area contributed by atoms with Gasteiger partial charge in [0.1, 0.15) is 5.60 Å². The van der Waals surface area contributed by atoms with Crippen molar-refractivity contribution in [3.63, 3.8) is 0 Å². The van der Waals surface area contributed by atoms with Crippen LogP contribution < -0.4 is 5.32 Å². The Morgan fingerprint density at radius 2 is 1.30 bits per heavy atom. The number of fused-ring (bicyclic) bond motifs is 1. The predicted molar refractivity (Wildman–Crippen MR) is 116 cm³/mol. The fraction of sp³-hybridized carbons (Fsp3) is 0.250. The van der Waals surface area contributed by atoms with E-state index in [9.17, 15) is 0 Å². The number of hydrogen-bond acceptors (Lipinski definition) is 2. The maximum Gasteiger partial charge on any atom is 0.185 e. The largest absolute Gasteiger partial charge is 0.403 e. The first-order chi connectivity index (χ1) is 13.0. The van der Waals surface area contributed by atoms with Crippen LogP contribution in [0.5, 0.6) is 0 Å². The van der Waals surface area contributed by atoms with Gasteiger partial charge in [-0.1, -0.05) is 78.9 Å². The molecule has 0 bridgehead atoms. The number of rotatable bonds is 5. The zero-order chi connectivity index (χ0) is 18.9. The molecule has 1 heterocycles. The van der Waals surface area contributed by atoms with Crippen molar-refractivity contribution in [1.29, 1.82) is 0 Å². The fourth-order valence-corrected chi connectivity index (χ4v) is 5.60. The third kappa shape index (κ3) is 3.33. The topological polar surface area (TPSA) is 21.3 Å². The minimum absolute atomic E-state index is 0.213. The number of para-hydroxylation sites is 1. The summed E-state index contributed by atoms with van der Waals surface area (Å²) in [4.78, 5) is 0. The van der Waals surface area contributed by atoms with Crippen molar-refractivity contribution >= 4 is 14.0 Å². The van der Waals surface area contributed by atoms with Gasteiger partial charge in [-0.3, -0.25) is 0 Å². The standard InChI is InChI=1S/C24H27NOSi/c1-27(2,3)26-24(19-12-6-4-7-13-19,20-14-8-5-9-15-20)22-18-25-23-17-11-10-16-21(22)23/h4-17,22,25H,18H2,1-3H3. The third-order valence-corrected chi connectivity index (χ3v) is 6.13. The van der Waals surface area contributed by atoms with Gasteiger partial charge in [-0.05, 0) is 42.4 Å². The normalized spacial score (nSPS) is 16.6. The van der Waals surface area contributed by atoms with Crippen molar-refractivity contribution in [2.45, 2.75) is 31.2 Å². The van der Waals surface area contributed by atoms with E-state index in [4.69, 9.17) is 4.43 Å². The molecule has 27 heavy (non-hydrogen) atoms. The number of hydrogen-bond donors (Lipinski definition) is 1. The van der Waals surface area contributed by atoms with Crippen molar-refractivity contribution in [3.05, 3.63) is 102 Å². The van der Waals surface area contributed by atoms with E-state index in [0.29, 0.717) is 0 Å². The van der Waals surface area contributed by atoms with E-state index < -0.39 is 13.9 Å². The zero-order valence-corrected chi connectivity index (χ0v) is 17.3. The molecule has 1 aliphatic rings. The summed E-state index contributed by atoms with van der Waals surface area (Å²) in [6.45, 7) is 7.71. The molecule has 0 saturated carbocycles. The van der Waals surface area contributed by atoms with E-state index >= 15 is 0 Å². The predicted octanol–water partition coefficient (Wildman–Crippen LogP) is 5.99. The number of nitrogens with one attached hydrogen (secondary N) is 1. The SMILES string of the molecule is C[Si](C)(C)OC(c1ccccc1)(c1ccccc1)C1CNc2ccccc21. The molecule has 3 aromatic carbocycles. The Kier molecular flexibility index (Phi) is 4.66. The first kappa shape index (κ1) is 18.0. The average molecular weight is 374 g/mol. The van der Waals surface area contributed by atoms with Crippen LogP contribution >= 0.6 is 0 Å². The molecule has 2 nitrogen and oxygen atoms in total. The molecule has 3 aromatic rings. The van der Waals surface area contributed by atoms with E-state index in [0.717, 1.165) is 6.54 Å². The second-order valence-electron chi connectivity index (χ2n) is 8.20. The lowest BCUT2D eigenvalue weighted by molar-refractivity contribution is 0.0762. The molecule has 0 saturated heterocycles. The van der Waals surface area contributed by atoms with Crippen molar-refractivity contribution in [1.82, 2.24) is 0 Å². The molecular formula is C24H27NOSi. The van der Waals surface area contributed by atoms with Crippen molar-refractivity contribution in [2.24, 2.45) is 0 Å². The van der Waals surface area contributed by atoms with Crippen molar-refractivity contribution in [3.8, 4) is 0 Å². The quantitative estimate of drug-likeness (QED) is 0.555. The molecule has 1 atom stereocenters. The molecule has 0 aromatic heterocycles. The van der Waals surface area contributed by atoms with Crippen LogP contribution in [0.4, 0.5) is 5.69 Å². The molecule has 0 spiro atoms. The summed E-state index contributed by atoms with van der Waals surface area (Å²) >= 11 is 0. The van der Waals surface area contributed by atoms with E-state index in [-0.39, 0.29) is 5.92 Å². The second-order valence-corrected chi connectivity index (χ2v) is 12.6. The Hall–Kier alpha value is -2.36. The molecule has 1 N–H and O–H groups in total. The van der Waals surface area contributed by atoms with Gasteiger partial charge >= 0.3 is 0 Å². The molecule has 0 amide bonds. The summed E-state index contributed by atoms with van der Waals surface area (Å²) in [6, 6.07) is 30.1. The maximum absolute atomic E-state index is 7.14. The van der Waals surface area contributed by atoms with Crippen LogP contribution in [0.2, 0.25) is 19.6 Å². The molecule has 3 heteroatoms. The van der Waals surface area contributed by atoms with Crippen LogP contribution in [-0.4, -0.2) is 14.9 Å². The molecule has 138 valence electrons. The van der Waals surface area contributed by atoms with Crippen LogP contribution in [0, 0.1) is 0 Å². The first-order valence-electron chi connectivity index (χ1n) is 9.65. The summed E-state index contributed by atoms with van der Waals surface area (Å²) in [6.07, 6.45) is 0. The number of anilines is 1. The van der Waals surface area contributed by atoms with E-state index in [1.807, 2.05) is 0 Å². The highest BCUT2D eigenvalue weighted by Crippen LogP contribution is 2.51. The van der Waals surface area contributed by atoms with E-state index in [2.05, 4.69) is 110 Å². The summed E-state index contributed by atoms with van der Waals surface area (Å²) in [5.41, 5.74) is 4.50. The third-order valence-electron chi connectivity index (χ3n) is 5.20. The lowest BCUT2D eigenvalue weighted by atomic mass is 9.74. The van der Waals surface area contributed by atoms with Crippen LogP contribution in [0.1, 0.15) is 22.6 Å². The van der Waals surface area contributed by atoms with Gasteiger partial charge in [0, 0.05) is 18.2 Å². The minimum Gasteiger partial charge on any atom is -0.403 e. The maximum atomic E-state index is 7.14. The van der Waals surface area contributed by atoms with Gasteiger partial charge in [-0.2, -0.15) is 0 Å². The summed E-state index contributed by atoms with van der Waals surface area (Å²) < 4.78 is 7.14.